The van der Waals surface area contributed by atoms with E-state index in [1.807, 2.05) is 30.3 Å². The molecule has 0 heterocycles. The molecule has 0 fully saturated rings. The van der Waals surface area contributed by atoms with Crippen LogP contribution in [0.5, 0.6) is 5.75 Å². The molecule has 0 aliphatic carbocycles. The minimum atomic E-state index is 0.196. The van der Waals surface area contributed by atoms with Gasteiger partial charge in [0.2, 0.25) is 0 Å². The third-order valence-corrected chi connectivity index (χ3v) is 4.81. The number of hydrogen-bond acceptors (Lipinski definition) is 3. The Morgan fingerprint density at radius 3 is 2.48 bits per heavy atom. The van der Waals surface area contributed by atoms with Crippen LogP contribution in [0, 0.1) is 0 Å². The van der Waals surface area contributed by atoms with Crippen LogP contribution in [0.15, 0.2) is 52.3 Å². The highest BCUT2D eigenvalue weighted by molar-refractivity contribution is 7.99. The van der Waals surface area contributed by atoms with Gasteiger partial charge < -0.3 is 10.5 Å². The van der Waals surface area contributed by atoms with E-state index in [4.69, 9.17) is 22.1 Å². The molecule has 2 rings (SSSR count). The average Bonchev–Trinajstić information content (AvgIpc) is 2.50. The second-order valence-corrected chi connectivity index (χ2v) is 6.44. The van der Waals surface area contributed by atoms with Crippen LogP contribution in [0.4, 0.5) is 0 Å². The van der Waals surface area contributed by atoms with Gasteiger partial charge >= 0.3 is 0 Å². The molecule has 0 aliphatic rings. The fourth-order valence-corrected chi connectivity index (χ4v) is 3.11. The summed E-state index contributed by atoms with van der Waals surface area (Å²) >= 11 is 8.03. The van der Waals surface area contributed by atoms with Crippen LogP contribution in [0.3, 0.4) is 0 Å². The zero-order valence-corrected chi connectivity index (χ0v) is 13.9. The number of hydrogen-bond donors (Lipinski definition) is 1. The average molecular weight is 322 g/mol. The Morgan fingerprint density at radius 2 is 1.90 bits per heavy atom. The largest absolute Gasteiger partial charge is 0.497 e. The van der Waals surface area contributed by atoms with E-state index in [9.17, 15) is 0 Å². The molecule has 112 valence electrons. The van der Waals surface area contributed by atoms with E-state index >= 15 is 0 Å². The van der Waals surface area contributed by atoms with Gasteiger partial charge in [-0.05, 0) is 54.8 Å². The Hall–Kier alpha value is -1.16. The second-order valence-electron chi connectivity index (χ2n) is 4.91. The Kier molecular flexibility index (Phi) is 5.97. The van der Waals surface area contributed by atoms with E-state index in [2.05, 4.69) is 19.1 Å². The molecule has 0 amide bonds. The third kappa shape index (κ3) is 4.67. The quantitative estimate of drug-likeness (QED) is 0.831. The van der Waals surface area contributed by atoms with Crippen molar-refractivity contribution in [3.05, 3.63) is 53.1 Å². The predicted octanol–water partition coefficient (Wildman–Crippen LogP) is 4.78. The molecule has 0 spiro atoms. The van der Waals surface area contributed by atoms with Crippen molar-refractivity contribution < 1.29 is 4.74 Å². The smallest absolute Gasteiger partial charge is 0.118 e. The summed E-state index contributed by atoms with van der Waals surface area (Å²) in [5.74, 6) is 0.856. The molecule has 0 saturated heterocycles. The van der Waals surface area contributed by atoms with Gasteiger partial charge in [-0.3, -0.25) is 0 Å². The minimum Gasteiger partial charge on any atom is -0.497 e. The van der Waals surface area contributed by atoms with Gasteiger partial charge in [0.15, 0.2) is 0 Å². The molecule has 4 heteroatoms. The van der Waals surface area contributed by atoms with E-state index in [1.54, 1.807) is 18.9 Å². The summed E-state index contributed by atoms with van der Waals surface area (Å²) in [4.78, 5) is 2.19. The summed E-state index contributed by atoms with van der Waals surface area (Å²) < 4.78 is 5.16. The summed E-state index contributed by atoms with van der Waals surface area (Å²) in [5.41, 5.74) is 7.17. The number of nitrogens with two attached hydrogens (primary N) is 1. The van der Waals surface area contributed by atoms with Crippen molar-refractivity contribution in [2.45, 2.75) is 35.6 Å². The molecule has 1 unspecified atom stereocenters. The minimum absolute atomic E-state index is 0.196. The normalized spacial score (nSPS) is 12.2. The molecule has 2 aromatic carbocycles. The monoisotopic (exact) mass is 321 g/mol. The summed E-state index contributed by atoms with van der Waals surface area (Å²) in [7, 11) is 1.67. The number of halogens is 1. The van der Waals surface area contributed by atoms with Crippen LogP contribution in [0.1, 0.15) is 18.9 Å². The lowest BCUT2D eigenvalue weighted by Gasteiger charge is -2.11. The van der Waals surface area contributed by atoms with Crippen LogP contribution in [-0.2, 0) is 6.42 Å². The van der Waals surface area contributed by atoms with Gasteiger partial charge in [-0.25, -0.2) is 0 Å². The lowest BCUT2D eigenvalue weighted by molar-refractivity contribution is 0.414. The van der Waals surface area contributed by atoms with Crippen molar-refractivity contribution in [3.8, 4) is 5.75 Å². The highest BCUT2D eigenvalue weighted by atomic mass is 35.5. The first-order chi connectivity index (χ1) is 10.1. The lowest BCUT2D eigenvalue weighted by atomic mass is 10.1. The maximum Gasteiger partial charge on any atom is 0.118 e. The van der Waals surface area contributed by atoms with Gasteiger partial charge in [0.05, 0.1) is 12.1 Å². The van der Waals surface area contributed by atoms with Crippen LogP contribution >= 0.6 is 23.4 Å². The zero-order valence-electron chi connectivity index (χ0n) is 12.3. The van der Waals surface area contributed by atoms with E-state index in [-0.39, 0.29) is 6.04 Å². The van der Waals surface area contributed by atoms with E-state index < -0.39 is 0 Å². The molecule has 0 aromatic heterocycles. The highest BCUT2D eigenvalue weighted by Gasteiger charge is 2.07. The topological polar surface area (TPSA) is 35.2 Å². The molecular formula is C17H20ClNOS. The Morgan fingerprint density at radius 1 is 1.19 bits per heavy atom. The molecule has 2 N–H and O–H groups in total. The predicted molar refractivity (Wildman–Crippen MR) is 90.5 cm³/mol. The standard InChI is InChI=1S/C17H20ClNOS/c1-3-13(19)10-12-4-9-17(16(18)11-12)21-15-7-5-14(20-2)6-8-15/h4-9,11,13H,3,10,19H2,1-2H3. The Bertz CT molecular complexity index is 586. The van der Waals surface area contributed by atoms with Gasteiger partial charge in [-0.15, -0.1) is 0 Å². The van der Waals surface area contributed by atoms with E-state index in [0.29, 0.717) is 0 Å². The first-order valence-corrected chi connectivity index (χ1v) is 8.17. The zero-order chi connectivity index (χ0) is 15.2. The molecule has 21 heavy (non-hydrogen) atoms. The molecular weight excluding hydrogens is 302 g/mol. The first kappa shape index (κ1) is 16.2. The maximum absolute atomic E-state index is 6.38. The Labute approximate surface area is 135 Å². The highest BCUT2D eigenvalue weighted by Crippen LogP contribution is 2.34. The molecule has 0 saturated carbocycles. The van der Waals surface area contributed by atoms with Crippen molar-refractivity contribution in [1.29, 1.82) is 0 Å². The lowest BCUT2D eigenvalue weighted by Crippen LogP contribution is -2.21. The van der Waals surface area contributed by atoms with Crippen molar-refractivity contribution in [2.24, 2.45) is 5.73 Å². The summed E-state index contributed by atoms with van der Waals surface area (Å²) in [6.45, 7) is 2.10. The summed E-state index contributed by atoms with van der Waals surface area (Å²) in [6.07, 6.45) is 1.84. The van der Waals surface area contributed by atoms with Crippen molar-refractivity contribution in [1.82, 2.24) is 0 Å². The van der Waals surface area contributed by atoms with Crippen LogP contribution in [0.25, 0.3) is 0 Å². The third-order valence-electron chi connectivity index (χ3n) is 3.31. The van der Waals surface area contributed by atoms with Gasteiger partial charge in [0.1, 0.15) is 5.75 Å². The molecule has 2 nitrogen and oxygen atoms in total. The molecule has 0 bridgehead atoms. The van der Waals surface area contributed by atoms with Crippen LogP contribution in [-0.4, -0.2) is 13.2 Å². The summed E-state index contributed by atoms with van der Waals surface area (Å²) in [6, 6.07) is 14.3. The number of rotatable bonds is 6. The number of ether oxygens (including phenoxy) is 1. The van der Waals surface area contributed by atoms with Crippen molar-refractivity contribution in [2.75, 3.05) is 7.11 Å². The van der Waals surface area contributed by atoms with E-state index in [1.165, 1.54) is 5.56 Å². The summed E-state index contributed by atoms with van der Waals surface area (Å²) in [5, 5.41) is 0.775. The maximum atomic E-state index is 6.38. The second kappa shape index (κ2) is 7.74. The van der Waals surface area contributed by atoms with Gasteiger partial charge in [-0.1, -0.05) is 36.4 Å². The van der Waals surface area contributed by atoms with Crippen molar-refractivity contribution >= 4 is 23.4 Å². The number of benzene rings is 2. The Balaban J connectivity index is 2.09. The number of methoxy groups -OCH3 is 1. The molecule has 0 aliphatic heterocycles. The fourth-order valence-electron chi connectivity index (χ4n) is 1.97. The fraction of sp³-hybridized carbons (Fsp3) is 0.294. The van der Waals surface area contributed by atoms with Gasteiger partial charge in [0.25, 0.3) is 0 Å². The molecule has 0 radical (unpaired) electrons. The van der Waals surface area contributed by atoms with Gasteiger partial charge in [-0.2, -0.15) is 0 Å². The molecule has 2 aromatic rings. The first-order valence-electron chi connectivity index (χ1n) is 6.98. The van der Waals surface area contributed by atoms with E-state index in [0.717, 1.165) is 33.4 Å². The SMILES string of the molecule is CCC(N)Cc1ccc(Sc2ccc(OC)cc2)c(Cl)c1. The van der Waals surface area contributed by atoms with Crippen LogP contribution in [0.2, 0.25) is 5.02 Å². The molecule has 1 atom stereocenters. The van der Waals surface area contributed by atoms with Crippen LogP contribution < -0.4 is 10.5 Å². The van der Waals surface area contributed by atoms with Crippen molar-refractivity contribution in [3.63, 3.8) is 0 Å². The van der Waals surface area contributed by atoms with Gasteiger partial charge in [0, 0.05) is 15.8 Å².